The van der Waals surface area contributed by atoms with E-state index in [-0.39, 0.29) is 17.6 Å². The molecule has 0 saturated heterocycles. The lowest BCUT2D eigenvalue weighted by atomic mass is 9.94. The van der Waals surface area contributed by atoms with Gasteiger partial charge in [-0.1, -0.05) is 32.6 Å². The van der Waals surface area contributed by atoms with Crippen molar-refractivity contribution >= 4 is 17.3 Å². The monoisotopic (exact) mass is 333 g/mol. The van der Waals surface area contributed by atoms with Crippen LogP contribution in [0.15, 0.2) is 18.2 Å². The zero-order valence-electron chi connectivity index (χ0n) is 14.6. The summed E-state index contributed by atoms with van der Waals surface area (Å²) in [5, 5.41) is 14.4. The minimum absolute atomic E-state index is 0.0333. The summed E-state index contributed by atoms with van der Waals surface area (Å²) in [6, 6.07) is 4.97. The van der Waals surface area contributed by atoms with Gasteiger partial charge in [0.25, 0.3) is 11.6 Å². The van der Waals surface area contributed by atoms with E-state index in [4.69, 9.17) is 0 Å². The Balaban J connectivity index is 2.15. The summed E-state index contributed by atoms with van der Waals surface area (Å²) in [6.45, 7) is 2.76. The zero-order valence-corrected chi connectivity index (χ0v) is 14.6. The lowest BCUT2D eigenvalue weighted by Crippen LogP contribution is -2.38. The van der Waals surface area contributed by atoms with Crippen LogP contribution >= 0.6 is 0 Å². The Labute approximate surface area is 143 Å². The summed E-state index contributed by atoms with van der Waals surface area (Å²) in [5.74, 6) is -0.134. The van der Waals surface area contributed by atoms with Gasteiger partial charge in [0.2, 0.25) is 0 Å². The number of nitro groups is 1. The van der Waals surface area contributed by atoms with Crippen LogP contribution in [0.3, 0.4) is 0 Å². The average molecular weight is 333 g/mol. The average Bonchev–Trinajstić information content (AvgIpc) is 2.61. The fraction of sp³-hybridized carbons (Fsp3) is 0.611. The van der Waals surface area contributed by atoms with Crippen LogP contribution in [0, 0.1) is 10.1 Å². The van der Waals surface area contributed by atoms with E-state index < -0.39 is 4.92 Å². The van der Waals surface area contributed by atoms with Crippen LogP contribution in [0.25, 0.3) is 0 Å². The molecule has 1 aromatic carbocycles. The Bertz CT molecular complexity index is 583. The number of carbonyl (C=O) groups excluding carboxylic acids is 1. The van der Waals surface area contributed by atoms with Crippen molar-refractivity contribution in [2.45, 2.75) is 57.9 Å². The summed E-state index contributed by atoms with van der Waals surface area (Å²) in [6.07, 6.45) is 7.50. The van der Waals surface area contributed by atoms with Gasteiger partial charge in [0, 0.05) is 31.3 Å². The molecule has 24 heavy (non-hydrogen) atoms. The molecule has 6 heteroatoms. The number of hydrogen-bond acceptors (Lipinski definition) is 4. The van der Waals surface area contributed by atoms with Crippen LogP contribution in [-0.2, 0) is 0 Å². The standard InChI is InChI=1S/C18H27N3O3/c1-3-4-12-19-16-11-10-14(13-17(16)21(23)24)18(22)20(2)15-8-6-5-7-9-15/h10-11,13,15,19H,3-9,12H2,1-2H3. The number of anilines is 1. The normalized spacial score (nSPS) is 15.1. The van der Waals surface area contributed by atoms with Crippen LogP contribution in [0.1, 0.15) is 62.2 Å². The van der Waals surface area contributed by atoms with Crippen LogP contribution < -0.4 is 5.32 Å². The Morgan fingerprint density at radius 1 is 1.33 bits per heavy atom. The molecule has 1 fully saturated rings. The summed E-state index contributed by atoms with van der Waals surface area (Å²) < 4.78 is 0. The van der Waals surface area contributed by atoms with Crippen LogP contribution in [-0.4, -0.2) is 35.4 Å². The molecule has 2 rings (SSSR count). The molecule has 6 nitrogen and oxygen atoms in total. The highest BCUT2D eigenvalue weighted by Crippen LogP contribution is 2.28. The number of nitrogens with zero attached hydrogens (tertiary/aromatic N) is 2. The van der Waals surface area contributed by atoms with Crippen LogP contribution in [0.2, 0.25) is 0 Å². The highest BCUT2D eigenvalue weighted by atomic mass is 16.6. The molecule has 0 heterocycles. The van der Waals surface area contributed by atoms with E-state index in [0.717, 1.165) is 38.5 Å². The van der Waals surface area contributed by atoms with E-state index >= 15 is 0 Å². The zero-order chi connectivity index (χ0) is 17.5. The molecule has 0 bridgehead atoms. The summed E-state index contributed by atoms with van der Waals surface area (Å²) in [4.78, 5) is 25.3. The molecule has 0 aromatic heterocycles. The fourth-order valence-corrected chi connectivity index (χ4v) is 3.20. The molecule has 0 atom stereocenters. The Hall–Kier alpha value is -2.11. The minimum atomic E-state index is -0.425. The van der Waals surface area contributed by atoms with Gasteiger partial charge in [-0.25, -0.2) is 0 Å². The van der Waals surface area contributed by atoms with Crippen molar-refractivity contribution in [2.75, 3.05) is 18.9 Å². The first-order valence-corrected chi connectivity index (χ1v) is 8.84. The lowest BCUT2D eigenvalue weighted by Gasteiger charge is -2.31. The molecule has 0 radical (unpaired) electrons. The first-order chi connectivity index (χ1) is 11.5. The second kappa shape index (κ2) is 8.66. The highest BCUT2D eigenvalue weighted by molar-refractivity contribution is 5.95. The van der Waals surface area contributed by atoms with Gasteiger partial charge in [-0.05, 0) is 31.4 Å². The third kappa shape index (κ3) is 4.46. The maximum Gasteiger partial charge on any atom is 0.293 e. The third-order valence-corrected chi connectivity index (χ3v) is 4.73. The molecule has 0 aliphatic heterocycles. The van der Waals surface area contributed by atoms with E-state index in [1.165, 1.54) is 12.5 Å². The second-order valence-electron chi connectivity index (χ2n) is 6.48. The van der Waals surface area contributed by atoms with Crippen molar-refractivity contribution in [3.63, 3.8) is 0 Å². The summed E-state index contributed by atoms with van der Waals surface area (Å²) in [5.41, 5.74) is 0.829. The molecule has 0 unspecified atom stereocenters. The molecular formula is C18H27N3O3. The predicted molar refractivity (Wildman–Crippen MR) is 95.5 cm³/mol. The molecule has 1 N–H and O–H groups in total. The molecule has 1 saturated carbocycles. The maximum atomic E-state index is 12.7. The van der Waals surface area contributed by atoms with E-state index in [0.29, 0.717) is 17.8 Å². The number of unbranched alkanes of at least 4 members (excludes halogenated alkanes) is 1. The van der Waals surface area contributed by atoms with E-state index in [9.17, 15) is 14.9 Å². The predicted octanol–water partition coefficient (Wildman–Crippen LogP) is 4.21. The first-order valence-electron chi connectivity index (χ1n) is 8.84. The smallest absolute Gasteiger partial charge is 0.293 e. The summed E-state index contributed by atoms with van der Waals surface area (Å²) in [7, 11) is 1.80. The largest absolute Gasteiger partial charge is 0.379 e. The first kappa shape index (κ1) is 18.2. The highest BCUT2D eigenvalue weighted by Gasteiger charge is 2.25. The van der Waals surface area contributed by atoms with Crippen molar-refractivity contribution in [3.05, 3.63) is 33.9 Å². The molecule has 1 aliphatic carbocycles. The van der Waals surface area contributed by atoms with Crippen molar-refractivity contribution in [2.24, 2.45) is 0 Å². The number of carbonyl (C=O) groups is 1. The van der Waals surface area contributed by atoms with Crippen molar-refractivity contribution in [3.8, 4) is 0 Å². The van der Waals surface area contributed by atoms with Crippen molar-refractivity contribution < 1.29 is 9.72 Å². The molecule has 1 aliphatic rings. The number of nitro benzene ring substituents is 1. The second-order valence-corrected chi connectivity index (χ2v) is 6.48. The van der Waals surface area contributed by atoms with Gasteiger partial charge in [-0.15, -0.1) is 0 Å². The van der Waals surface area contributed by atoms with Gasteiger partial charge in [0.05, 0.1) is 4.92 Å². The quantitative estimate of drug-likeness (QED) is 0.461. The summed E-state index contributed by atoms with van der Waals surface area (Å²) >= 11 is 0. The number of rotatable bonds is 7. The molecule has 0 spiro atoms. The molecule has 1 amide bonds. The number of nitrogens with one attached hydrogen (secondary N) is 1. The van der Waals surface area contributed by atoms with Crippen molar-refractivity contribution in [1.82, 2.24) is 4.90 Å². The topological polar surface area (TPSA) is 75.5 Å². The molecule has 1 aromatic rings. The third-order valence-electron chi connectivity index (χ3n) is 4.73. The van der Waals surface area contributed by atoms with E-state index in [2.05, 4.69) is 12.2 Å². The number of hydrogen-bond donors (Lipinski definition) is 1. The van der Waals surface area contributed by atoms with Crippen LogP contribution in [0.5, 0.6) is 0 Å². The Kier molecular flexibility index (Phi) is 6.58. The van der Waals surface area contributed by atoms with Gasteiger partial charge in [-0.3, -0.25) is 14.9 Å². The number of benzene rings is 1. The van der Waals surface area contributed by atoms with Gasteiger partial charge < -0.3 is 10.2 Å². The Morgan fingerprint density at radius 2 is 2.04 bits per heavy atom. The van der Waals surface area contributed by atoms with Gasteiger partial charge in [0.15, 0.2) is 0 Å². The lowest BCUT2D eigenvalue weighted by molar-refractivity contribution is -0.384. The molecular weight excluding hydrogens is 306 g/mol. The SMILES string of the molecule is CCCCNc1ccc(C(=O)N(C)C2CCCCC2)cc1[N+](=O)[O-]. The fourth-order valence-electron chi connectivity index (χ4n) is 3.20. The van der Waals surface area contributed by atoms with Crippen LogP contribution in [0.4, 0.5) is 11.4 Å². The van der Waals surface area contributed by atoms with E-state index in [1.807, 2.05) is 0 Å². The Morgan fingerprint density at radius 3 is 2.67 bits per heavy atom. The van der Waals surface area contributed by atoms with Gasteiger partial charge >= 0.3 is 0 Å². The molecule has 132 valence electrons. The maximum absolute atomic E-state index is 12.7. The van der Waals surface area contributed by atoms with E-state index in [1.54, 1.807) is 24.1 Å². The van der Waals surface area contributed by atoms with Gasteiger partial charge in [-0.2, -0.15) is 0 Å². The van der Waals surface area contributed by atoms with Gasteiger partial charge in [0.1, 0.15) is 5.69 Å². The number of amides is 1. The van der Waals surface area contributed by atoms with Crippen molar-refractivity contribution in [1.29, 1.82) is 0 Å². The minimum Gasteiger partial charge on any atom is -0.379 e.